The Morgan fingerprint density at radius 3 is 2.24 bits per heavy atom. The zero-order valence-electron chi connectivity index (χ0n) is 12.9. The minimum atomic E-state index is -0.773. The van der Waals surface area contributed by atoms with Crippen LogP contribution in [0.25, 0.3) is 0 Å². The summed E-state index contributed by atoms with van der Waals surface area (Å²) < 4.78 is 0. The number of carbonyl (C=O) groups is 1. The van der Waals surface area contributed by atoms with Gasteiger partial charge < -0.3 is 10.2 Å². The Kier molecular flexibility index (Phi) is 13.7. The molecule has 0 amide bonds. The van der Waals surface area contributed by atoms with Crippen LogP contribution >= 0.6 is 0 Å². The summed E-state index contributed by atoms with van der Waals surface area (Å²) in [4.78, 5) is 10.3. The van der Waals surface area contributed by atoms with E-state index in [4.69, 9.17) is 5.11 Å². The Balaban J connectivity index is 3.60. The maximum Gasteiger partial charge on any atom is 0.303 e. The SMILES string of the molecule is CC/C=C/C/C=C/C/C=C/CC(O)/C=C/CCCC(=O)O. The largest absolute Gasteiger partial charge is 0.481 e. The summed E-state index contributed by atoms with van der Waals surface area (Å²) in [6.45, 7) is 2.12. The van der Waals surface area contributed by atoms with Gasteiger partial charge in [0.05, 0.1) is 6.10 Å². The highest BCUT2D eigenvalue weighted by Gasteiger charge is 1.96. The standard InChI is InChI=1S/C18H28O3/c1-2-3-4-5-6-7-8-9-11-14-17(19)15-12-10-13-16-18(20)21/h3-4,6-7,9,11-12,15,17,19H,2,5,8,10,13-14,16H2,1H3,(H,20,21)/b4-3+,7-6+,11-9+,15-12+. The lowest BCUT2D eigenvalue weighted by atomic mass is 10.1. The molecule has 2 N–H and O–H groups in total. The number of allylic oxidation sites excluding steroid dienone is 6. The van der Waals surface area contributed by atoms with Crippen molar-refractivity contribution in [2.75, 3.05) is 0 Å². The molecular formula is C18H28O3. The first-order chi connectivity index (χ1) is 10.2. The molecule has 3 nitrogen and oxygen atoms in total. The Morgan fingerprint density at radius 2 is 1.62 bits per heavy atom. The van der Waals surface area contributed by atoms with E-state index in [0.717, 1.165) is 19.3 Å². The summed E-state index contributed by atoms with van der Waals surface area (Å²) in [6, 6.07) is 0. The van der Waals surface area contributed by atoms with E-state index >= 15 is 0 Å². The van der Waals surface area contributed by atoms with Gasteiger partial charge in [-0.05, 0) is 38.5 Å². The topological polar surface area (TPSA) is 57.5 Å². The summed E-state index contributed by atoms with van der Waals surface area (Å²) >= 11 is 0. The summed E-state index contributed by atoms with van der Waals surface area (Å²) in [5.74, 6) is -0.773. The van der Waals surface area contributed by atoms with Crippen LogP contribution in [0.2, 0.25) is 0 Å². The third kappa shape index (κ3) is 16.3. The molecule has 0 bridgehead atoms. The molecule has 0 spiro atoms. The van der Waals surface area contributed by atoms with Crippen molar-refractivity contribution in [3.05, 3.63) is 48.6 Å². The van der Waals surface area contributed by atoms with Gasteiger partial charge in [-0.2, -0.15) is 0 Å². The first kappa shape index (κ1) is 19.4. The van der Waals surface area contributed by atoms with Crippen molar-refractivity contribution < 1.29 is 15.0 Å². The molecule has 1 unspecified atom stereocenters. The second-order valence-corrected chi connectivity index (χ2v) is 4.81. The quantitative estimate of drug-likeness (QED) is 0.414. The fourth-order valence-corrected chi connectivity index (χ4v) is 1.65. The number of hydrogen-bond acceptors (Lipinski definition) is 2. The number of aliphatic hydroxyl groups excluding tert-OH is 1. The van der Waals surface area contributed by atoms with Gasteiger partial charge in [0.2, 0.25) is 0 Å². The van der Waals surface area contributed by atoms with E-state index < -0.39 is 12.1 Å². The maximum absolute atomic E-state index is 10.3. The average Bonchev–Trinajstić information content (AvgIpc) is 2.45. The van der Waals surface area contributed by atoms with E-state index in [-0.39, 0.29) is 6.42 Å². The van der Waals surface area contributed by atoms with Crippen LogP contribution in [0.4, 0.5) is 0 Å². The molecule has 0 rings (SSSR count). The number of carboxylic acid groups (broad SMARTS) is 1. The summed E-state index contributed by atoms with van der Waals surface area (Å²) in [5, 5.41) is 18.2. The molecule has 0 aliphatic carbocycles. The van der Waals surface area contributed by atoms with E-state index in [2.05, 4.69) is 31.2 Å². The van der Waals surface area contributed by atoms with Crippen molar-refractivity contribution in [1.82, 2.24) is 0 Å². The highest BCUT2D eigenvalue weighted by Crippen LogP contribution is 2.01. The van der Waals surface area contributed by atoms with Gasteiger partial charge in [0.1, 0.15) is 0 Å². The van der Waals surface area contributed by atoms with Crippen LogP contribution in [0.15, 0.2) is 48.6 Å². The molecule has 0 aliphatic heterocycles. The van der Waals surface area contributed by atoms with Gasteiger partial charge in [-0.1, -0.05) is 55.5 Å². The molecule has 0 aromatic carbocycles. The van der Waals surface area contributed by atoms with Crippen LogP contribution in [-0.2, 0) is 4.79 Å². The monoisotopic (exact) mass is 292 g/mol. The third-order valence-corrected chi connectivity index (χ3v) is 2.78. The van der Waals surface area contributed by atoms with Crippen molar-refractivity contribution in [1.29, 1.82) is 0 Å². The fraction of sp³-hybridized carbons (Fsp3) is 0.500. The zero-order chi connectivity index (χ0) is 15.8. The first-order valence-corrected chi connectivity index (χ1v) is 7.68. The molecule has 0 heterocycles. The van der Waals surface area contributed by atoms with E-state index in [1.807, 2.05) is 18.2 Å². The lowest BCUT2D eigenvalue weighted by molar-refractivity contribution is -0.137. The highest BCUT2D eigenvalue weighted by molar-refractivity contribution is 5.66. The molecule has 1 atom stereocenters. The van der Waals surface area contributed by atoms with Crippen molar-refractivity contribution in [3.8, 4) is 0 Å². The fourth-order valence-electron chi connectivity index (χ4n) is 1.65. The lowest BCUT2D eigenvalue weighted by Gasteiger charge is -2.00. The number of rotatable bonds is 12. The molecule has 21 heavy (non-hydrogen) atoms. The van der Waals surface area contributed by atoms with E-state index in [1.54, 1.807) is 6.08 Å². The molecule has 0 aromatic heterocycles. The Morgan fingerprint density at radius 1 is 1.00 bits per heavy atom. The minimum Gasteiger partial charge on any atom is -0.481 e. The van der Waals surface area contributed by atoms with Crippen LogP contribution in [0, 0.1) is 0 Å². The summed E-state index contributed by atoms with van der Waals surface area (Å²) in [5.41, 5.74) is 0. The Labute approximate surface area is 128 Å². The molecule has 0 saturated heterocycles. The molecule has 0 aliphatic rings. The number of carboxylic acids is 1. The predicted molar refractivity (Wildman–Crippen MR) is 88.2 cm³/mol. The predicted octanol–water partition coefficient (Wildman–Crippen LogP) is 4.41. The number of aliphatic hydroxyl groups is 1. The van der Waals surface area contributed by atoms with Gasteiger partial charge >= 0.3 is 5.97 Å². The van der Waals surface area contributed by atoms with Gasteiger partial charge in [-0.25, -0.2) is 0 Å². The number of aliphatic carboxylic acids is 1. The smallest absolute Gasteiger partial charge is 0.303 e. The molecule has 0 saturated carbocycles. The average molecular weight is 292 g/mol. The number of hydrogen-bond donors (Lipinski definition) is 2. The van der Waals surface area contributed by atoms with E-state index in [0.29, 0.717) is 19.3 Å². The van der Waals surface area contributed by atoms with Crippen molar-refractivity contribution >= 4 is 5.97 Å². The van der Waals surface area contributed by atoms with Crippen molar-refractivity contribution in [2.45, 2.75) is 58.0 Å². The number of unbranched alkanes of at least 4 members (excludes halogenated alkanes) is 1. The zero-order valence-corrected chi connectivity index (χ0v) is 12.9. The molecule has 118 valence electrons. The van der Waals surface area contributed by atoms with Gasteiger partial charge in [-0.3, -0.25) is 4.79 Å². The molecule has 0 aromatic rings. The van der Waals surface area contributed by atoms with Gasteiger partial charge in [0, 0.05) is 6.42 Å². The third-order valence-electron chi connectivity index (χ3n) is 2.78. The van der Waals surface area contributed by atoms with Crippen LogP contribution in [0.5, 0.6) is 0 Å². The molecule has 0 radical (unpaired) electrons. The van der Waals surface area contributed by atoms with Crippen LogP contribution < -0.4 is 0 Å². The second-order valence-electron chi connectivity index (χ2n) is 4.81. The second kappa shape index (κ2) is 14.8. The van der Waals surface area contributed by atoms with Gasteiger partial charge in [-0.15, -0.1) is 0 Å². The van der Waals surface area contributed by atoms with Crippen LogP contribution in [0.3, 0.4) is 0 Å². The summed E-state index contributed by atoms with van der Waals surface area (Å²) in [6.07, 6.45) is 20.7. The highest BCUT2D eigenvalue weighted by atomic mass is 16.4. The van der Waals surface area contributed by atoms with E-state index in [1.165, 1.54) is 0 Å². The Hall–Kier alpha value is -1.61. The van der Waals surface area contributed by atoms with Crippen molar-refractivity contribution in [2.24, 2.45) is 0 Å². The molecule has 0 fully saturated rings. The van der Waals surface area contributed by atoms with Crippen LogP contribution in [-0.4, -0.2) is 22.3 Å². The molecule has 3 heteroatoms. The molecular weight excluding hydrogens is 264 g/mol. The lowest BCUT2D eigenvalue weighted by Crippen LogP contribution is -1.99. The minimum absolute atomic E-state index is 0.181. The van der Waals surface area contributed by atoms with Gasteiger partial charge in [0.15, 0.2) is 0 Å². The maximum atomic E-state index is 10.3. The van der Waals surface area contributed by atoms with Crippen molar-refractivity contribution in [3.63, 3.8) is 0 Å². The normalized spacial score (nSPS) is 14.0. The summed E-state index contributed by atoms with van der Waals surface area (Å²) in [7, 11) is 0. The van der Waals surface area contributed by atoms with Crippen LogP contribution in [0.1, 0.15) is 51.9 Å². The Bertz CT molecular complexity index is 365. The van der Waals surface area contributed by atoms with E-state index in [9.17, 15) is 9.90 Å². The van der Waals surface area contributed by atoms with Gasteiger partial charge in [0.25, 0.3) is 0 Å². The first-order valence-electron chi connectivity index (χ1n) is 7.68.